The van der Waals surface area contributed by atoms with Gasteiger partial charge in [-0.25, -0.2) is 0 Å². The van der Waals surface area contributed by atoms with E-state index in [4.69, 9.17) is 0 Å². The van der Waals surface area contributed by atoms with Crippen LogP contribution in [0.2, 0.25) is 0 Å². The third kappa shape index (κ3) is 5.06. The molecule has 0 spiro atoms. The van der Waals surface area contributed by atoms with Crippen molar-refractivity contribution in [2.45, 2.75) is 106 Å². The van der Waals surface area contributed by atoms with E-state index in [2.05, 4.69) is 97.3 Å². The standard InChI is InChI=1S/C42H64N2O3/c1-27(2)30-17-22-42(37(47)44(10)26-25-43(8)9)24-23-40(6)32(35(30)42)15-16-34-39(5)20-18-31(28-11-13-29(14-12-28)36(45)46)38(3,4)33(39)19-21-41(34,40)7/h11-14,18,30,32-36,45-46H,1,15-17,19-26H2,2-10H3/t30-,32+,33-,34+,35+,39-,40+,41+,42-/m0/s1. The van der Waals surface area contributed by atoms with Crippen LogP contribution in [0.1, 0.15) is 117 Å². The van der Waals surface area contributed by atoms with Crippen LogP contribution in [-0.4, -0.2) is 60.2 Å². The first-order valence-electron chi connectivity index (χ1n) is 18.7. The summed E-state index contributed by atoms with van der Waals surface area (Å²) in [5, 5.41) is 19.3. The summed E-state index contributed by atoms with van der Waals surface area (Å²) >= 11 is 0. The maximum Gasteiger partial charge on any atom is 0.228 e. The summed E-state index contributed by atoms with van der Waals surface area (Å²) in [6, 6.07) is 7.88. The van der Waals surface area contributed by atoms with E-state index in [-0.39, 0.29) is 27.1 Å². The molecule has 5 heteroatoms. The van der Waals surface area contributed by atoms with Gasteiger partial charge in [-0.15, -0.1) is 0 Å². The lowest BCUT2D eigenvalue weighted by Crippen LogP contribution is -2.66. The number of aliphatic hydroxyl groups is 2. The zero-order valence-corrected chi connectivity index (χ0v) is 31.0. The molecule has 2 N–H and O–H groups in total. The normalized spacial score (nSPS) is 40.6. The molecule has 47 heavy (non-hydrogen) atoms. The molecule has 6 rings (SSSR count). The summed E-state index contributed by atoms with van der Waals surface area (Å²) in [6.45, 7) is 21.4. The average molecular weight is 645 g/mol. The van der Waals surface area contributed by atoms with E-state index < -0.39 is 6.29 Å². The number of fused-ring (bicyclic) bond motifs is 7. The van der Waals surface area contributed by atoms with Crippen LogP contribution in [0.5, 0.6) is 0 Å². The molecule has 0 heterocycles. The quantitative estimate of drug-likeness (QED) is 0.231. The van der Waals surface area contributed by atoms with Crippen molar-refractivity contribution in [1.82, 2.24) is 9.80 Å². The molecule has 9 atom stereocenters. The lowest BCUT2D eigenvalue weighted by molar-refractivity contribution is -0.226. The lowest BCUT2D eigenvalue weighted by Gasteiger charge is -2.72. The van der Waals surface area contributed by atoms with Gasteiger partial charge in [0.1, 0.15) is 0 Å². The number of amides is 1. The largest absolute Gasteiger partial charge is 0.364 e. The molecule has 0 radical (unpaired) electrons. The fraction of sp³-hybridized carbons (Fsp3) is 0.738. The molecule has 4 saturated carbocycles. The molecule has 5 nitrogen and oxygen atoms in total. The number of hydrogen-bond donors (Lipinski definition) is 2. The Hall–Kier alpha value is -1.95. The first kappa shape index (κ1) is 34.9. The van der Waals surface area contributed by atoms with Gasteiger partial charge >= 0.3 is 0 Å². The molecular weight excluding hydrogens is 580 g/mol. The molecule has 1 amide bonds. The molecule has 5 aliphatic carbocycles. The Morgan fingerprint density at radius 2 is 1.55 bits per heavy atom. The van der Waals surface area contributed by atoms with Crippen LogP contribution in [0.3, 0.4) is 0 Å². The number of likely N-dealkylation sites (N-methyl/N-ethyl adjacent to an activating group) is 2. The number of allylic oxidation sites excluding steroid dienone is 3. The number of nitrogens with zero attached hydrogens (tertiary/aromatic N) is 2. The van der Waals surface area contributed by atoms with Crippen LogP contribution < -0.4 is 0 Å². The first-order chi connectivity index (χ1) is 21.9. The van der Waals surface area contributed by atoms with Crippen molar-refractivity contribution in [2.75, 3.05) is 34.2 Å². The summed E-state index contributed by atoms with van der Waals surface area (Å²) in [6.07, 6.45) is 11.5. The third-order valence-corrected chi connectivity index (χ3v) is 15.8. The molecular formula is C42H64N2O3. The van der Waals surface area contributed by atoms with Crippen molar-refractivity contribution in [2.24, 2.45) is 56.7 Å². The van der Waals surface area contributed by atoms with E-state index in [0.717, 1.165) is 45.2 Å². The highest BCUT2D eigenvalue weighted by Crippen LogP contribution is 2.77. The van der Waals surface area contributed by atoms with Crippen molar-refractivity contribution in [3.63, 3.8) is 0 Å². The minimum absolute atomic E-state index is 0.0210. The molecule has 5 aliphatic rings. The van der Waals surface area contributed by atoms with Crippen LogP contribution >= 0.6 is 0 Å². The second-order valence-electron chi connectivity index (χ2n) is 18.4. The average Bonchev–Trinajstić information content (AvgIpc) is 3.41. The fourth-order valence-corrected chi connectivity index (χ4v) is 13.3. The highest BCUT2D eigenvalue weighted by Gasteiger charge is 2.71. The number of carbonyl (C=O) groups excluding carboxylic acids is 1. The lowest BCUT2D eigenvalue weighted by atomic mass is 9.32. The zero-order valence-electron chi connectivity index (χ0n) is 31.0. The molecule has 0 aromatic heterocycles. The van der Waals surface area contributed by atoms with Crippen LogP contribution in [-0.2, 0) is 4.79 Å². The monoisotopic (exact) mass is 644 g/mol. The SMILES string of the molecule is C=C(C)[C@@H]1CC[C@]2(C(=O)N(C)CCN(C)C)CC[C@]3(C)[C@H](CC[C@@H]4[C@@]5(C)CC=C(c6ccc(C(O)O)cc6)C(C)(C)[C@@H]5CC[C@]43C)[C@@H]12. The van der Waals surface area contributed by atoms with Crippen molar-refractivity contribution in [3.05, 3.63) is 53.6 Å². The van der Waals surface area contributed by atoms with Gasteiger partial charge < -0.3 is 20.0 Å². The third-order valence-electron chi connectivity index (χ3n) is 15.8. The van der Waals surface area contributed by atoms with Gasteiger partial charge in [0.05, 0.1) is 5.41 Å². The van der Waals surface area contributed by atoms with Crippen molar-refractivity contribution in [1.29, 1.82) is 0 Å². The van der Waals surface area contributed by atoms with Gasteiger partial charge in [0, 0.05) is 25.7 Å². The van der Waals surface area contributed by atoms with Gasteiger partial charge in [-0.05, 0) is 141 Å². The minimum atomic E-state index is -1.44. The number of benzene rings is 1. The fourth-order valence-electron chi connectivity index (χ4n) is 13.3. The molecule has 0 unspecified atom stereocenters. The highest BCUT2D eigenvalue weighted by atomic mass is 16.5. The summed E-state index contributed by atoms with van der Waals surface area (Å²) in [4.78, 5) is 18.8. The Bertz CT molecular complexity index is 1410. The predicted octanol–water partition coefficient (Wildman–Crippen LogP) is 8.34. The Balaban J connectivity index is 1.34. The van der Waals surface area contributed by atoms with Crippen LogP contribution in [0.15, 0.2) is 42.5 Å². The Kier molecular flexibility index (Phi) is 8.79. The second-order valence-corrected chi connectivity index (χ2v) is 18.4. The molecule has 0 bridgehead atoms. The summed E-state index contributed by atoms with van der Waals surface area (Å²) in [5.74, 6) is 3.03. The van der Waals surface area contributed by atoms with Crippen molar-refractivity contribution >= 4 is 11.5 Å². The van der Waals surface area contributed by atoms with E-state index in [1.807, 2.05) is 12.1 Å². The van der Waals surface area contributed by atoms with Gasteiger partial charge in [0.2, 0.25) is 5.91 Å². The Morgan fingerprint density at radius 1 is 0.872 bits per heavy atom. The first-order valence-corrected chi connectivity index (χ1v) is 18.7. The summed E-state index contributed by atoms with van der Waals surface area (Å²) in [5.41, 5.74) is 4.89. The maximum atomic E-state index is 14.6. The molecule has 0 aliphatic heterocycles. The van der Waals surface area contributed by atoms with Gasteiger partial charge in [0.25, 0.3) is 0 Å². The van der Waals surface area contributed by atoms with Crippen molar-refractivity contribution in [3.8, 4) is 0 Å². The van der Waals surface area contributed by atoms with Gasteiger partial charge in [-0.1, -0.05) is 77.1 Å². The highest BCUT2D eigenvalue weighted by molar-refractivity contribution is 5.84. The van der Waals surface area contributed by atoms with Crippen LogP contribution in [0.25, 0.3) is 5.57 Å². The van der Waals surface area contributed by atoms with E-state index in [9.17, 15) is 15.0 Å². The topological polar surface area (TPSA) is 64.0 Å². The van der Waals surface area contributed by atoms with Gasteiger partial charge in [-0.2, -0.15) is 0 Å². The molecule has 1 aromatic rings. The number of hydrogen-bond acceptors (Lipinski definition) is 4. The number of rotatable bonds is 7. The maximum absolute atomic E-state index is 14.6. The molecule has 0 saturated heterocycles. The zero-order chi connectivity index (χ0) is 34.3. The Morgan fingerprint density at radius 3 is 2.17 bits per heavy atom. The molecule has 4 fully saturated rings. The number of aliphatic hydroxyl groups excluding tert-OH is 1. The second kappa shape index (κ2) is 11.8. The summed E-state index contributed by atoms with van der Waals surface area (Å²) in [7, 11) is 6.24. The van der Waals surface area contributed by atoms with Gasteiger partial charge in [0.15, 0.2) is 6.29 Å². The predicted molar refractivity (Wildman–Crippen MR) is 192 cm³/mol. The molecule has 260 valence electrons. The number of carbonyl (C=O) groups is 1. The van der Waals surface area contributed by atoms with Gasteiger partial charge in [-0.3, -0.25) is 4.79 Å². The summed E-state index contributed by atoms with van der Waals surface area (Å²) < 4.78 is 0. The smallest absolute Gasteiger partial charge is 0.228 e. The minimum Gasteiger partial charge on any atom is -0.364 e. The van der Waals surface area contributed by atoms with E-state index in [0.29, 0.717) is 41.1 Å². The van der Waals surface area contributed by atoms with Crippen LogP contribution in [0.4, 0.5) is 0 Å². The Labute approximate surface area is 285 Å². The molecule has 1 aromatic carbocycles. The van der Waals surface area contributed by atoms with E-state index >= 15 is 0 Å². The van der Waals surface area contributed by atoms with E-state index in [1.54, 1.807) is 0 Å². The van der Waals surface area contributed by atoms with Crippen molar-refractivity contribution < 1.29 is 15.0 Å². The van der Waals surface area contributed by atoms with Crippen LogP contribution in [0, 0.1) is 56.7 Å². The van der Waals surface area contributed by atoms with E-state index in [1.165, 1.54) is 42.4 Å².